The number of rotatable bonds is 36. The molecule has 149 heavy (non-hydrogen) atoms. The average Bonchev–Trinajstić information content (AvgIpc) is 1.50. The van der Waals surface area contributed by atoms with Crippen molar-refractivity contribution in [1.29, 1.82) is 0 Å². The first-order valence-corrected chi connectivity index (χ1v) is 57.1. The number of hydrazine groups is 2. The van der Waals surface area contributed by atoms with Crippen molar-refractivity contribution in [1.82, 2.24) is 112 Å². The van der Waals surface area contributed by atoms with E-state index in [0.29, 0.717) is 140 Å². The molecule has 9 aromatic rings. The second-order valence-electron chi connectivity index (χ2n) is 38.5. The molecule has 35 nitrogen and oxygen atoms in total. The standard InChI is InChI=1S/C27H39ClN6O2S.C26H32Cl2N6O3S.C26H35Cl2N5O4S.C24H32Cl2N6O3S/c1-19-16-24(28)30-21(3)25(19)26(35)29-10-6-20(2)32-13-7-23(8-14-32)34(17-22-9-15-37-18-22)27(36)31-33-11-4-5-12-33;1-16-12-21(27)30-24(28)23(16)25(35)29-8-4-17(2)33-9-5-20(6-10-33)34(14-19-7-11-38-15-19)26(36)31-22-13-18(3)37-32-22;1-17-13-21(27)31-24(28)23(17)25(34)29-7-3-18(2)32-8-4-20(5-9-32)33(15-19-6-12-38-16-19)26(35)30-14-22-36-10-11-37-22;1-15-12-20(25)28-22(26)21(15)23(34)27-8-4-16(2)31-9-5-19(6-10-31)32(13-18-7-11-36-14-18)24(35)30-29-17(3)33/h9,15-16,18,20,23H,4-8,10-14,17H2,1-3H3,(H,29,35)(H,31,36);7,11-13,15,17,20H,4-6,8-10,14H2,1-3H3,(H,29,35)(H,31,32,36);6,12-13,16,18,20,22H,3-5,7-11,14-15H2,1-2H3,(H,29,34)(H,30,35);7,11-12,14,16,19H,4-6,8-10,13H2,1-3H3,(H,27,34)(H,29,33)(H,30,35)/t20-;17-;18-;16-/m1111/s1. The smallest absolute Gasteiger partial charge is 0.336 e. The predicted octanol–water partition coefficient (Wildman–Crippen LogP) is 18.7. The molecule has 0 unspecified atom stereocenters. The van der Waals surface area contributed by atoms with Gasteiger partial charge in [0.1, 0.15) is 41.8 Å². The number of piperidine rings is 4. The van der Waals surface area contributed by atoms with Gasteiger partial charge in [-0.3, -0.25) is 40.1 Å². The van der Waals surface area contributed by atoms with E-state index in [-0.39, 0.29) is 133 Å². The van der Waals surface area contributed by atoms with Gasteiger partial charge in [0.2, 0.25) is 5.91 Å². The van der Waals surface area contributed by atoms with Crippen molar-refractivity contribution in [3.05, 3.63) is 212 Å². The van der Waals surface area contributed by atoms with Gasteiger partial charge in [-0.15, -0.1) is 0 Å². The largest absolute Gasteiger partial charge is 0.360 e. The van der Waals surface area contributed by atoms with Crippen LogP contribution in [0.2, 0.25) is 36.1 Å². The molecule has 9 aromatic heterocycles. The Bertz CT molecular complexity index is 5730. The van der Waals surface area contributed by atoms with E-state index in [1.165, 1.54) is 12.5 Å². The number of thiophene rings is 4. The highest BCUT2D eigenvalue weighted by Gasteiger charge is 2.38. The minimum atomic E-state index is -0.374. The van der Waals surface area contributed by atoms with Crippen LogP contribution in [-0.4, -0.2) is 289 Å². The van der Waals surface area contributed by atoms with E-state index < -0.39 is 0 Å². The first kappa shape index (κ1) is 118. The number of halogens is 7. The highest BCUT2D eigenvalue weighted by molar-refractivity contribution is 7.08. The number of anilines is 1. The Kier molecular flexibility index (Phi) is 47.1. The zero-order valence-corrected chi connectivity index (χ0v) is 94.8. The summed E-state index contributed by atoms with van der Waals surface area (Å²) in [5, 5.41) is 41.7. The summed E-state index contributed by atoms with van der Waals surface area (Å²) in [5.41, 5.74) is 17.8. The molecule has 15 heterocycles. The van der Waals surface area contributed by atoms with Crippen molar-refractivity contribution in [3.63, 3.8) is 0 Å². The summed E-state index contributed by atoms with van der Waals surface area (Å²) in [4.78, 5) is 148. The lowest BCUT2D eigenvalue weighted by molar-refractivity contribution is -0.119. The predicted molar refractivity (Wildman–Crippen MR) is 590 cm³/mol. The quantitative estimate of drug-likeness (QED) is 0.0130. The second kappa shape index (κ2) is 59.3. The second-order valence-corrected chi connectivity index (χ2v) is 44.3. The summed E-state index contributed by atoms with van der Waals surface area (Å²) in [6.45, 7) is 35.7. The highest BCUT2D eigenvalue weighted by atomic mass is 35.5. The van der Waals surface area contributed by atoms with Crippen LogP contribution in [0.15, 0.2) is 102 Å². The number of hydrogen-bond donors (Lipinski definition) is 9. The number of pyridine rings is 4. The molecule has 13 amide bonds. The molecule has 0 aliphatic carbocycles. The first-order valence-electron chi connectivity index (χ1n) is 50.7. The van der Waals surface area contributed by atoms with E-state index in [1.807, 2.05) is 62.2 Å². The maximum Gasteiger partial charge on any atom is 0.336 e. The van der Waals surface area contributed by atoms with Gasteiger partial charge < -0.3 is 79.8 Å². The molecule has 810 valence electrons. The number of aryl methyl sites for hydroxylation is 6. The van der Waals surface area contributed by atoms with Crippen LogP contribution in [0, 0.1) is 41.5 Å². The SMILES string of the molecule is CC(=O)NNC(=O)N(Cc1ccsc1)C1CCN([C@H](C)CCNC(=O)c2c(C)cc(Cl)nc2Cl)CC1.Cc1cc(Cl)nc(C)c1C(=O)NCC[C@@H](C)N1CCC(N(Cc2ccsc2)C(=O)NN2CCCC2)CC1.Cc1cc(Cl)nc(Cl)c1C(=O)NCC[C@@H](C)N1CCC(N(Cc2ccsc2)C(=O)NCC2OCCO2)CC1.Cc1cc(NC(=O)N(Cc2ccsc2)C2CCN([C@H](C)CCNC(=O)c3c(C)cc(Cl)nc3Cl)CC2)no1. The fourth-order valence-electron chi connectivity index (χ4n) is 19.4. The van der Waals surface area contributed by atoms with Crippen LogP contribution in [0.3, 0.4) is 0 Å². The molecule has 15 rings (SSSR count). The topological polar surface area (TPSA) is 387 Å². The summed E-state index contributed by atoms with van der Waals surface area (Å²) < 4.78 is 16.0. The van der Waals surface area contributed by atoms with E-state index in [4.69, 9.17) is 95.2 Å². The minimum Gasteiger partial charge on any atom is -0.360 e. The van der Waals surface area contributed by atoms with Crippen molar-refractivity contribution in [2.75, 3.05) is 117 Å². The fourth-order valence-corrected chi connectivity index (χ4v) is 24.2. The molecule has 0 saturated carbocycles. The molecular formula is C103H138Cl7N23O12S4. The van der Waals surface area contributed by atoms with Crippen molar-refractivity contribution in [3.8, 4) is 0 Å². The van der Waals surface area contributed by atoms with Crippen molar-refractivity contribution >= 4 is 186 Å². The van der Waals surface area contributed by atoms with Gasteiger partial charge >= 0.3 is 24.1 Å². The summed E-state index contributed by atoms with van der Waals surface area (Å²) >= 11 is 48.6. The van der Waals surface area contributed by atoms with Gasteiger partial charge in [-0.1, -0.05) is 86.4 Å². The molecule has 6 aliphatic rings. The minimum absolute atomic E-state index is 0.0181. The molecule has 4 atom stereocenters. The summed E-state index contributed by atoms with van der Waals surface area (Å²) in [6, 6.07) is 17.7. The Morgan fingerprint density at radius 2 is 0.711 bits per heavy atom. The zero-order valence-electron chi connectivity index (χ0n) is 86.2. The lowest BCUT2D eigenvalue weighted by Crippen LogP contribution is -2.54. The molecule has 0 bridgehead atoms. The Morgan fingerprint density at radius 3 is 1.02 bits per heavy atom. The van der Waals surface area contributed by atoms with Crippen LogP contribution < -0.4 is 48.2 Å². The molecule has 0 radical (unpaired) electrons. The van der Waals surface area contributed by atoms with Gasteiger partial charge in [0, 0.05) is 179 Å². The van der Waals surface area contributed by atoms with Crippen molar-refractivity contribution in [2.24, 2.45) is 0 Å². The molecule has 9 N–H and O–H groups in total. The number of carbonyl (C=O) groups is 9. The molecule has 0 spiro atoms. The van der Waals surface area contributed by atoms with Crippen LogP contribution in [-0.2, 0) is 40.4 Å². The average molecular weight is 2270 g/mol. The Hall–Kier alpha value is -9.21. The lowest BCUT2D eigenvalue weighted by Gasteiger charge is -2.41. The number of urea groups is 4. The molecular weight excluding hydrogens is 2130 g/mol. The van der Waals surface area contributed by atoms with Gasteiger partial charge in [0.15, 0.2) is 12.1 Å². The molecule has 6 aliphatic heterocycles. The molecule has 6 saturated heterocycles. The Labute approximate surface area is 923 Å². The van der Waals surface area contributed by atoms with Gasteiger partial charge in [-0.2, -0.15) is 45.3 Å². The number of likely N-dealkylation sites (tertiary alicyclic amines) is 4. The third kappa shape index (κ3) is 36.2. The first-order chi connectivity index (χ1) is 71.5. The number of amides is 13. The third-order valence-corrected chi connectivity index (χ3v) is 32.3. The van der Waals surface area contributed by atoms with E-state index in [1.54, 1.807) is 108 Å². The van der Waals surface area contributed by atoms with Crippen LogP contribution >= 0.6 is 127 Å². The normalized spacial score (nSPS) is 16.6. The molecule has 0 aromatic carbocycles. The van der Waals surface area contributed by atoms with Crippen LogP contribution in [0.25, 0.3) is 0 Å². The van der Waals surface area contributed by atoms with E-state index in [0.717, 1.165) is 178 Å². The van der Waals surface area contributed by atoms with Crippen molar-refractivity contribution < 1.29 is 57.1 Å². The molecule has 46 heteroatoms. The fraction of sp³-hybridized carbons (Fsp3) is 0.534. The van der Waals surface area contributed by atoms with Crippen molar-refractivity contribution in [2.45, 2.75) is 247 Å². The maximum absolute atomic E-state index is 13.2. The summed E-state index contributed by atoms with van der Waals surface area (Å²) in [7, 11) is 0. The summed E-state index contributed by atoms with van der Waals surface area (Å²) in [6.07, 6.45) is 12.1. The van der Waals surface area contributed by atoms with Gasteiger partial charge in [0.25, 0.3) is 23.6 Å². The number of hydrogen-bond acceptors (Lipinski definition) is 26. The van der Waals surface area contributed by atoms with E-state index >= 15 is 0 Å². The number of aromatic nitrogens is 5. The van der Waals surface area contributed by atoms with Crippen LogP contribution in [0.5, 0.6) is 0 Å². The van der Waals surface area contributed by atoms with Gasteiger partial charge in [-0.25, -0.2) is 49.5 Å². The molecule has 6 fully saturated rings. The highest BCUT2D eigenvalue weighted by Crippen LogP contribution is 2.33. The van der Waals surface area contributed by atoms with Gasteiger partial charge in [0.05, 0.1) is 47.7 Å². The van der Waals surface area contributed by atoms with E-state index in [2.05, 4.69) is 159 Å². The van der Waals surface area contributed by atoms with E-state index in [9.17, 15) is 43.2 Å². The van der Waals surface area contributed by atoms with Crippen LogP contribution in [0.4, 0.5) is 25.0 Å². The van der Waals surface area contributed by atoms with Crippen LogP contribution in [0.1, 0.15) is 222 Å². The third-order valence-electron chi connectivity index (χ3n) is 27.8. The van der Waals surface area contributed by atoms with Gasteiger partial charge in [-0.05, 0) is 295 Å². The lowest BCUT2D eigenvalue weighted by atomic mass is 10.0. The maximum atomic E-state index is 13.2. The monoisotopic (exact) mass is 2260 g/mol. The number of carbonyl (C=O) groups excluding carboxylic acids is 9. The number of nitrogens with zero attached hydrogens (tertiary/aromatic N) is 14. The summed E-state index contributed by atoms with van der Waals surface area (Å²) in [5.74, 6) is -0.113. The Balaban J connectivity index is 0.000000176. The Morgan fingerprint density at radius 1 is 0.396 bits per heavy atom. The zero-order chi connectivity index (χ0) is 107. The number of nitrogens with one attached hydrogen (secondary N) is 9. The number of ether oxygens (including phenoxy) is 2.